The van der Waals surface area contributed by atoms with E-state index in [4.69, 9.17) is 0 Å². The first-order chi connectivity index (χ1) is 5.83. The van der Waals surface area contributed by atoms with Crippen molar-refractivity contribution < 1.29 is 0 Å². The summed E-state index contributed by atoms with van der Waals surface area (Å²) in [5, 5.41) is 3.49. The van der Waals surface area contributed by atoms with Gasteiger partial charge in [-0.1, -0.05) is 26.7 Å². The first-order valence-corrected chi connectivity index (χ1v) is 5.54. The Kier molecular flexibility index (Phi) is 4.07. The van der Waals surface area contributed by atoms with Crippen LogP contribution in [-0.4, -0.2) is 13.1 Å². The average Bonchev–Trinajstić information content (AvgIpc) is 2.32. The largest absolute Gasteiger partial charge is 0.317 e. The molecule has 0 amide bonds. The molecule has 1 heterocycles. The lowest BCUT2D eigenvalue weighted by Gasteiger charge is -2.31. The van der Waals surface area contributed by atoms with Gasteiger partial charge in [-0.15, -0.1) is 0 Å². The molecular formula is C11H23N. The van der Waals surface area contributed by atoms with E-state index in [1.54, 1.807) is 0 Å². The Balaban J connectivity index is 2.48. The van der Waals surface area contributed by atoms with Gasteiger partial charge in [0.15, 0.2) is 0 Å². The van der Waals surface area contributed by atoms with Gasteiger partial charge in [-0.2, -0.15) is 0 Å². The minimum absolute atomic E-state index is 0.693. The van der Waals surface area contributed by atoms with Crippen molar-refractivity contribution in [2.75, 3.05) is 13.1 Å². The lowest BCUT2D eigenvalue weighted by atomic mass is 9.75. The topological polar surface area (TPSA) is 12.0 Å². The van der Waals surface area contributed by atoms with Crippen molar-refractivity contribution in [1.82, 2.24) is 5.32 Å². The molecule has 72 valence electrons. The predicted octanol–water partition coefficient (Wildman–Crippen LogP) is 2.96. The second-order valence-corrected chi connectivity index (χ2v) is 4.21. The highest BCUT2D eigenvalue weighted by atomic mass is 14.9. The molecule has 0 spiro atoms. The van der Waals surface area contributed by atoms with Gasteiger partial charge in [0.25, 0.3) is 0 Å². The second-order valence-electron chi connectivity index (χ2n) is 4.21. The molecule has 1 rings (SSSR count). The monoisotopic (exact) mass is 169 g/mol. The van der Waals surface area contributed by atoms with Gasteiger partial charge in [0, 0.05) is 0 Å². The molecule has 0 aromatic carbocycles. The summed E-state index contributed by atoms with van der Waals surface area (Å²) in [6.07, 6.45) is 8.40. The van der Waals surface area contributed by atoms with Crippen LogP contribution in [0.1, 0.15) is 52.4 Å². The summed E-state index contributed by atoms with van der Waals surface area (Å²) in [5.74, 6) is 0. The van der Waals surface area contributed by atoms with Crippen LogP contribution >= 0.6 is 0 Å². The zero-order chi connectivity index (χ0) is 8.86. The fraction of sp³-hybridized carbons (Fsp3) is 1.00. The van der Waals surface area contributed by atoms with E-state index in [1.165, 1.54) is 51.6 Å². The summed E-state index contributed by atoms with van der Waals surface area (Å²) in [4.78, 5) is 0. The van der Waals surface area contributed by atoms with E-state index < -0.39 is 0 Å². The normalized spacial score (nSPS) is 31.5. The van der Waals surface area contributed by atoms with Crippen molar-refractivity contribution >= 4 is 0 Å². The third-order valence-electron chi connectivity index (χ3n) is 3.42. The molecule has 0 bridgehead atoms. The molecule has 1 saturated heterocycles. The van der Waals surface area contributed by atoms with Gasteiger partial charge in [-0.3, -0.25) is 0 Å². The zero-order valence-electron chi connectivity index (χ0n) is 8.66. The second kappa shape index (κ2) is 4.86. The molecule has 1 heteroatoms. The van der Waals surface area contributed by atoms with Crippen molar-refractivity contribution in [3.05, 3.63) is 0 Å². The van der Waals surface area contributed by atoms with E-state index in [9.17, 15) is 0 Å². The summed E-state index contributed by atoms with van der Waals surface area (Å²) in [5.41, 5.74) is 0.693. The van der Waals surface area contributed by atoms with E-state index >= 15 is 0 Å². The van der Waals surface area contributed by atoms with Crippen molar-refractivity contribution in [1.29, 1.82) is 0 Å². The maximum atomic E-state index is 3.49. The highest BCUT2D eigenvalue weighted by Crippen LogP contribution is 2.37. The van der Waals surface area contributed by atoms with Crippen LogP contribution in [0.3, 0.4) is 0 Å². The lowest BCUT2D eigenvalue weighted by Crippen LogP contribution is -2.21. The van der Waals surface area contributed by atoms with Gasteiger partial charge >= 0.3 is 0 Å². The lowest BCUT2D eigenvalue weighted by molar-refractivity contribution is 0.217. The van der Waals surface area contributed by atoms with Crippen LogP contribution in [0.5, 0.6) is 0 Å². The van der Waals surface area contributed by atoms with Crippen LogP contribution in [0.25, 0.3) is 0 Å². The van der Waals surface area contributed by atoms with E-state index in [0.717, 1.165) is 0 Å². The van der Waals surface area contributed by atoms with Crippen LogP contribution in [0.15, 0.2) is 0 Å². The third-order valence-corrected chi connectivity index (χ3v) is 3.42. The standard InChI is InChI=1S/C11H23N/c1-3-6-11(4-2)7-5-9-12-10-8-11/h12H,3-10H2,1-2H3. The fourth-order valence-corrected chi connectivity index (χ4v) is 2.50. The van der Waals surface area contributed by atoms with Crippen LogP contribution in [0.4, 0.5) is 0 Å². The highest BCUT2D eigenvalue weighted by molar-refractivity contribution is 4.81. The van der Waals surface area contributed by atoms with Gasteiger partial charge in [0.1, 0.15) is 0 Å². The molecule has 0 aromatic rings. The van der Waals surface area contributed by atoms with Gasteiger partial charge in [0.2, 0.25) is 0 Å². The van der Waals surface area contributed by atoms with Crippen LogP contribution in [0, 0.1) is 5.41 Å². The number of hydrogen-bond acceptors (Lipinski definition) is 1. The quantitative estimate of drug-likeness (QED) is 0.685. The van der Waals surface area contributed by atoms with Crippen LogP contribution < -0.4 is 5.32 Å². The first-order valence-electron chi connectivity index (χ1n) is 5.54. The fourth-order valence-electron chi connectivity index (χ4n) is 2.50. The maximum absolute atomic E-state index is 3.49. The summed E-state index contributed by atoms with van der Waals surface area (Å²) >= 11 is 0. The van der Waals surface area contributed by atoms with Gasteiger partial charge in [0.05, 0.1) is 0 Å². The SMILES string of the molecule is CCCC1(CC)CCCNCC1. The van der Waals surface area contributed by atoms with Crippen molar-refractivity contribution in [2.24, 2.45) is 5.41 Å². The molecule has 12 heavy (non-hydrogen) atoms. The Morgan fingerprint density at radius 3 is 2.67 bits per heavy atom. The Labute approximate surface area is 76.9 Å². The highest BCUT2D eigenvalue weighted by Gasteiger charge is 2.27. The zero-order valence-corrected chi connectivity index (χ0v) is 8.66. The summed E-state index contributed by atoms with van der Waals surface area (Å²) in [6, 6.07) is 0. The minimum Gasteiger partial charge on any atom is -0.317 e. The predicted molar refractivity (Wildman–Crippen MR) is 54.4 cm³/mol. The summed E-state index contributed by atoms with van der Waals surface area (Å²) < 4.78 is 0. The van der Waals surface area contributed by atoms with Gasteiger partial charge in [-0.25, -0.2) is 0 Å². The van der Waals surface area contributed by atoms with E-state index in [-0.39, 0.29) is 0 Å². The van der Waals surface area contributed by atoms with Crippen LogP contribution in [-0.2, 0) is 0 Å². The van der Waals surface area contributed by atoms with Crippen molar-refractivity contribution in [2.45, 2.75) is 52.4 Å². The molecule has 1 N–H and O–H groups in total. The molecule has 1 aliphatic rings. The minimum atomic E-state index is 0.693. The van der Waals surface area contributed by atoms with Crippen molar-refractivity contribution in [3.63, 3.8) is 0 Å². The Hall–Kier alpha value is -0.0400. The van der Waals surface area contributed by atoms with E-state index in [2.05, 4.69) is 19.2 Å². The summed E-state index contributed by atoms with van der Waals surface area (Å²) in [6.45, 7) is 7.16. The van der Waals surface area contributed by atoms with Gasteiger partial charge in [-0.05, 0) is 44.2 Å². The summed E-state index contributed by atoms with van der Waals surface area (Å²) in [7, 11) is 0. The maximum Gasteiger partial charge on any atom is -0.00436 e. The Morgan fingerprint density at radius 2 is 2.00 bits per heavy atom. The molecule has 1 atom stereocenters. The van der Waals surface area contributed by atoms with E-state index in [0.29, 0.717) is 5.41 Å². The first kappa shape index (κ1) is 10.0. The number of nitrogens with one attached hydrogen (secondary N) is 1. The van der Waals surface area contributed by atoms with Crippen LogP contribution in [0.2, 0.25) is 0 Å². The molecular weight excluding hydrogens is 146 g/mol. The van der Waals surface area contributed by atoms with Gasteiger partial charge < -0.3 is 5.32 Å². The average molecular weight is 169 g/mol. The molecule has 1 aliphatic heterocycles. The smallest absolute Gasteiger partial charge is 0.00436 e. The van der Waals surface area contributed by atoms with E-state index in [1.807, 2.05) is 0 Å². The molecule has 0 saturated carbocycles. The molecule has 0 radical (unpaired) electrons. The number of rotatable bonds is 3. The van der Waals surface area contributed by atoms with Crippen molar-refractivity contribution in [3.8, 4) is 0 Å². The molecule has 1 nitrogen and oxygen atoms in total. The molecule has 1 fully saturated rings. The number of hydrogen-bond donors (Lipinski definition) is 1. The molecule has 0 aromatic heterocycles. The molecule has 1 unspecified atom stereocenters. The Morgan fingerprint density at radius 1 is 1.17 bits per heavy atom. The third kappa shape index (κ3) is 2.48. The molecule has 0 aliphatic carbocycles. The Bertz CT molecular complexity index is 112.